The van der Waals surface area contributed by atoms with Crippen LogP contribution in [0, 0.1) is 0 Å². The Labute approximate surface area is 74.9 Å². The number of aliphatic hydroxyl groups excluding tert-OH is 1. The van der Waals surface area contributed by atoms with Crippen LogP contribution in [0.2, 0.25) is 0 Å². The molecular weight excluding hydrogens is 178 g/mol. The van der Waals surface area contributed by atoms with Gasteiger partial charge in [-0.2, -0.15) is 0 Å². The molecule has 0 aromatic carbocycles. The standard InChI is InChI=1S/C7H11NO3S/c9-3-1-2-8-6(10)4-12-5-7(8)11/h9H,1-5H2. The van der Waals surface area contributed by atoms with Gasteiger partial charge in [0.2, 0.25) is 11.8 Å². The van der Waals surface area contributed by atoms with Crippen molar-refractivity contribution in [2.45, 2.75) is 6.42 Å². The Balaban J connectivity index is 2.45. The smallest absolute Gasteiger partial charge is 0.239 e. The third-order valence-electron chi connectivity index (χ3n) is 1.59. The minimum atomic E-state index is -0.135. The van der Waals surface area contributed by atoms with Crippen LogP contribution in [-0.4, -0.2) is 46.5 Å². The highest BCUT2D eigenvalue weighted by Gasteiger charge is 2.25. The van der Waals surface area contributed by atoms with Crippen LogP contribution in [0.25, 0.3) is 0 Å². The highest BCUT2D eigenvalue weighted by Crippen LogP contribution is 2.11. The number of carbonyl (C=O) groups is 2. The third kappa shape index (κ3) is 2.22. The molecule has 1 fully saturated rings. The number of aliphatic hydroxyl groups is 1. The third-order valence-corrected chi connectivity index (χ3v) is 2.50. The molecule has 1 aliphatic rings. The Kier molecular flexibility index (Phi) is 3.55. The van der Waals surface area contributed by atoms with Gasteiger partial charge in [0.1, 0.15) is 0 Å². The maximum Gasteiger partial charge on any atom is 0.239 e. The van der Waals surface area contributed by atoms with Crippen molar-refractivity contribution in [3.63, 3.8) is 0 Å². The number of rotatable bonds is 3. The monoisotopic (exact) mass is 189 g/mol. The van der Waals surface area contributed by atoms with Gasteiger partial charge in [0.05, 0.1) is 11.5 Å². The molecule has 0 unspecified atom stereocenters. The van der Waals surface area contributed by atoms with Gasteiger partial charge in [-0.3, -0.25) is 14.5 Å². The average molecular weight is 189 g/mol. The molecular formula is C7H11NO3S. The Morgan fingerprint density at radius 2 is 1.92 bits per heavy atom. The zero-order chi connectivity index (χ0) is 8.97. The largest absolute Gasteiger partial charge is 0.396 e. The maximum absolute atomic E-state index is 11.1. The molecule has 0 aromatic rings. The van der Waals surface area contributed by atoms with E-state index in [0.717, 1.165) is 0 Å². The van der Waals surface area contributed by atoms with Crippen molar-refractivity contribution in [2.75, 3.05) is 24.7 Å². The highest BCUT2D eigenvalue weighted by atomic mass is 32.2. The normalized spacial score (nSPS) is 18.6. The van der Waals surface area contributed by atoms with E-state index in [2.05, 4.69) is 0 Å². The number of hydrogen-bond acceptors (Lipinski definition) is 4. The predicted octanol–water partition coefficient (Wildman–Crippen LogP) is -0.529. The molecule has 4 nitrogen and oxygen atoms in total. The average Bonchev–Trinajstić information content (AvgIpc) is 2.04. The molecule has 5 heteroatoms. The summed E-state index contributed by atoms with van der Waals surface area (Å²) in [5.74, 6) is 0.503. The molecule has 1 rings (SSSR count). The lowest BCUT2D eigenvalue weighted by atomic mass is 10.3. The summed E-state index contributed by atoms with van der Waals surface area (Å²) in [6, 6.07) is 0. The minimum Gasteiger partial charge on any atom is -0.396 e. The van der Waals surface area contributed by atoms with Gasteiger partial charge < -0.3 is 5.11 Å². The fourth-order valence-corrected chi connectivity index (χ4v) is 1.76. The van der Waals surface area contributed by atoms with Crippen LogP contribution < -0.4 is 0 Å². The molecule has 1 heterocycles. The number of imide groups is 1. The Hall–Kier alpha value is -0.550. The molecule has 1 N–H and O–H groups in total. The van der Waals surface area contributed by atoms with E-state index in [1.54, 1.807) is 0 Å². The highest BCUT2D eigenvalue weighted by molar-refractivity contribution is 8.00. The second kappa shape index (κ2) is 4.47. The van der Waals surface area contributed by atoms with Crippen molar-refractivity contribution in [1.29, 1.82) is 0 Å². The Bertz CT molecular complexity index is 179. The van der Waals surface area contributed by atoms with Crippen molar-refractivity contribution in [2.24, 2.45) is 0 Å². The first kappa shape index (κ1) is 9.54. The number of amides is 2. The molecule has 0 bridgehead atoms. The summed E-state index contributed by atoms with van der Waals surface area (Å²) in [6.45, 7) is 0.374. The summed E-state index contributed by atoms with van der Waals surface area (Å²) in [5.41, 5.74) is 0. The summed E-state index contributed by atoms with van der Waals surface area (Å²) >= 11 is 1.35. The summed E-state index contributed by atoms with van der Waals surface area (Å²) in [5, 5.41) is 8.51. The van der Waals surface area contributed by atoms with Crippen LogP contribution in [0.15, 0.2) is 0 Å². The molecule has 0 radical (unpaired) electrons. The first-order chi connectivity index (χ1) is 5.75. The van der Waals surface area contributed by atoms with Crippen LogP contribution in [-0.2, 0) is 9.59 Å². The van der Waals surface area contributed by atoms with E-state index in [9.17, 15) is 9.59 Å². The van der Waals surface area contributed by atoms with Gasteiger partial charge in [-0.1, -0.05) is 0 Å². The van der Waals surface area contributed by atoms with Gasteiger partial charge in [0, 0.05) is 13.2 Å². The van der Waals surface area contributed by atoms with Gasteiger partial charge in [-0.25, -0.2) is 0 Å². The molecule has 0 aromatic heterocycles. The van der Waals surface area contributed by atoms with Crippen LogP contribution >= 0.6 is 11.8 Å². The number of carbonyl (C=O) groups excluding carboxylic acids is 2. The summed E-state index contributed by atoms with van der Waals surface area (Å²) in [4.78, 5) is 23.5. The van der Waals surface area contributed by atoms with Gasteiger partial charge >= 0.3 is 0 Å². The fraction of sp³-hybridized carbons (Fsp3) is 0.714. The van der Waals surface area contributed by atoms with Crippen molar-refractivity contribution in [1.82, 2.24) is 4.90 Å². The zero-order valence-electron chi connectivity index (χ0n) is 6.65. The van der Waals surface area contributed by atoms with Crippen LogP contribution in [0.4, 0.5) is 0 Å². The second-order valence-corrected chi connectivity index (χ2v) is 3.49. The topological polar surface area (TPSA) is 57.6 Å². The lowest BCUT2D eigenvalue weighted by molar-refractivity contribution is -0.142. The summed E-state index contributed by atoms with van der Waals surface area (Å²) in [6.07, 6.45) is 0.474. The van der Waals surface area contributed by atoms with E-state index < -0.39 is 0 Å². The summed E-state index contributed by atoms with van der Waals surface area (Å²) < 4.78 is 0. The minimum absolute atomic E-state index is 0.0181. The molecule has 68 valence electrons. The maximum atomic E-state index is 11.1. The van der Waals surface area contributed by atoms with E-state index in [-0.39, 0.29) is 18.4 Å². The lowest BCUT2D eigenvalue weighted by Gasteiger charge is -2.23. The number of thioether (sulfide) groups is 1. The quantitative estimate of drug-likeness (QED) is 0.606. The van der Waals surface area contributed by atoms with Gasteiger partial charge in [0.25, 0.3) is 0 Å². The van der Waals surface area contributed by atoms with Crippen LogP contribution in [0.5, 0.6) is 0 Å². The zero-order valence-corrected chi connectivity index (χ0v) is 7.47. The second-order valence-electron chi connectivity index (χ2n) is 2.51. The van der Waals surface area contributed by atoms with Crippen molar-refractivity contribution < 1.29 is 14.7 Å². The first-order valence-corrected chi connectivity index (χ1v) is 4.93. The molecule has 2 amide bonds. The van der Waals surface area contributed by atoms with E-state index >= 15 is 0 Å². The predicted molar refractivity (Wildman–Crippen MR) is 45.7 cm³/mol. The van der Waals surface area contributed by atoms with Gasteiger partial charge in [-0.15, -0.1) is 11.8 Å². The lowest BCUT2D eigenvalue weighted by Crippen LogP contribution is -2.43. The SMILES string of the molecule is O=C1CSCC(=O)N1CCCO. The molecule has 0 saturated carbocycles. The molecule has 1 aliphatic heterocycles. The van der Waals surface area contributed by atoms with Gasteiger partial charge in [-0.05, 0) is 6.42 Å². The van der Waals surface area contributed by atoms with E-state index in [1.807, 2.05) is 0 Å². The fourth-order valence-electron chi connectivity index (χ4n) is 0.999. The molecule has 12 heavy (non-hydrogen) atoms. The van der Waals surface area contributed by atoms with Crippen molar-refractivity contribution in [3.05, 3.63) is 0 Å². The number of nitrogens with zero attached hydrogens (tertiary/aromatic N) is 1. The molecule has 0 atom stereocenters. The Morgan fingerprint density at radius 3 is 2.42 bits per heavy atom. The van der Waals surface area contributed by atoms with E-state index in [4.69, 9.17) is 5.11 Å². The molecule has 0 aliphatic carbocycles. The van der Waals surface area contributed by atoms with Crippen molar-refractivity contribution in [3.8, 4) is 0 Å². The van der Waals surface area contributed by atoms with Crippen LogP contribution in [0.1, 0.15) is 6.42 Å². The van der Waals surface area contributed by atoms with E-state index in [0.29, 0.717) is 24.5 Å². The van der Waals surface area contributed by atoms with E-state index in [1.165, 1.54) is 16.7 Å². The first-order valence-electron chi connectivity index (χ1n) is 3.77. The molecule has 1 saturated heterocycles. The Morgan fingerprint density at radius 1 is 1.33 bits per heavy atom. The number of hydrogen-bond donors (Lipinski definition) is 1. The van der Waals surface area contributed by atoms with Crippen molar-refractivity contribution >= 4 is 23.6 Å². The molecule has 0 spiro atoms. The van der Waals surface area contributed by atoms with Crippen LogP contribution in [0.3, 0.4) is 0 Å². The van der Waals surface area contributed by atoms with Gasteiger partial charge in [0.15, 0.2) is 0 Å². The summed E-state index contributed by atoms with van der Waals surface area (Å²) in [7, 11) is 0.